The van der Waals surface area contributed by atoms with Crippen molar-refractivity contribution >= 4 is 27.0 Å². The van der Waals surface area contributed by atoms with Crippen molar-refractivity contribution in [3.8, 4) is 0 Å². The number of imidazole rings is 1. The standard InChI is InChI=1S/C14H18BrN3O/c1-2-17-7-5-11(6-8-17)18-13-4-3-10(15)9-12(13)16-14(18)19/h3-4,9,11H,2,5-8H2,1H3,(H,16,19). The summed E-state index contributed by atoms with van der Waals surface area (Å²) in [4.78, 5) is 17.6. The van der Waals surface area contributed by atoms with Gasteiger partial charge in [-0.3, -0.25) is 4.57 Å². The lowest BCUT2D eigenvalue weighted by molar-refractivity contribution is 0.195. The zero-order valence-electron chi connectivity index (χ0n) is 11.0. The van der Waals surface area contributed by atoms with Crippen LogP contribution in [0.15, 0.2) is 27.5 Å². The van der Waals surface area contributed by atoms with Gasteiger partial charge in [0.1, 0.15) is 0 Å². The Morgan fingerprint density at radius 3 is 2.79 bits per heavy atom. The summed E-state index contributed by atoms with van der Waals surface area (Å²) in [5.41, 5.74) is 1.95. The first-order valence-corrected chi connectivity index (χ1v) is 7.60. The van der Waals surface area contributed by atoms with Crippen LogP contribution in [-0.2, 0) is 0 Å². The van der Waals surface area contributed by atoms with E-state index in [-0.39, 0.29) is 5.69 Å². The zero-order valence-corrected chi connectivity index (χ0v) is 12.6. The molecule has 2 aromatic rings. The highest BCUT2D eigenvalue weighted by atomic mass is 79.9. The predicted molar refractivity (Wildman–Crippen MR) is 80.6 cm³/mol. The zero-order chi connectivity index (χ0) is 13.4. The van der Waals surface area contributed by atoms with E-state index in [9.17, 15) is 4.79 Å². The molecule has 19 heavy (non-hydrogen) atoms. The second kappa shape index (κ2) is 5.13. The van der Waals surface area contributed by atoms with E-state index in [1.807, 2.05) is 22.8 Å². The molecule has 2 heterocycles. The van der Waals surface area contributed by atoms with E-state index in [1.165, 1.54) is 0 Å². The molecule has 0 amide bonds. The number of likely N-dealkylation sites (tertiary alicyclic amines) is 1. The van der Waals surface area contributed by atoms with Gasteiger partial charge in [0.25, 0.3) is 0 Å². The van der Waals surface area contributed by atoms with Crippen LogP contribution >= 0.6 is 15.9 Å². The number of aromatic amines is 1. The Labute approximate surface area is 120 Å². The van der Waals surface area contributed by atoms with Gasteiger partial charge in [0.15, 0.2) is 0 Å². The number of hydrogen-bond donors (Lipinski definition) is 1. The molecule has 0 spiro atoms. The average Bonchev–Trinajstić information content (AvgIpc) is 2.74. The molecule has 1 aliphatic heterocycles. The molecule has 0 unspecified atom stereocenters. The third-order valence-electron chi connectivity index (χ3n) is 4.05. The summed E-state index contributed by atoms with van der Waals surface area (Å²) in [5, 5.41) is 0. The highest BCUT2D eigenvalue weighted by Crippen LogP contribution is 2.25. The first kappa shape index (κ1) is 12.9. The van der Waals surface area contributed by atoms with Crippen LogP contribution in [-0.4, -0.2) is 34.1 Å². The molecule has 1 aromatic heterocycles. The van der Waals surface area contributed by atoms with E-state index in [1.54, 1.807) is 0 Å². The highest BCUT2D eigenvalue weighted by Gasteiger charge is 2.22. The van der Waals surface area contributed by atoms with Crippen molar-refractivity contribution in [2.24, 2.45) is 0 Å². The van der Waals surface area contributed by atoms with Crippen molar-refractivity contribution in [2.45, 2.75) is 25.8 Å². The largest absolute Gasteiger partial charge is 0.326 e. The van der Waals surface area contributed by atoms with Crippen molar-refractivity contribution in [3.05, 3.63) is 33.2 Å². The minimum absolute atomic E-state index is 0.0167. The second-order valence-electron chi connectivity index (χ2n) is 5.13. The topological polar surface area (TPSA) is 41.0 Å². The Balaban J connectivity index is 1.97. The number of piperidine rings is 1. The molecule has 4 nitrogen and oxygen atoms in total. The van der Waals surface area contributed by atoms with Crippen LogP contribution in [0.4, 0.5) is 0 Å². The summed E-state index contributed by atoms with van der Waals surface area (Å²) in [6.45, 7) is 5.45. The highest BCUT2D eigenvalue weighted by molar-refractivity contribution is 9.10. The van der Waals surface area contributed by atoms with Crippen LogP contribution < -0.4 is 5.69 Å². The lowest BCUT2D eigenvalue weighted by atomic mass is 10.0. The fourth-order valence-electron chi connectivity index (χ4n) is 2.96. The van der Waals surface area contributed by atoms with E-state index in [2.05, 4.69) is 32.7 Å². The maximum Gasteiger partial charge on any atom is 0.326 e. The Morgan fingerprint density at radius 2 is 2.11 bits per heavy atom. The normalized spacial score (nSPS) is 18.2. The molecular weight excluding hydrogens is 306 g/mol. The molecule has 0 atom stereocenters. The number of halogens is 1. The summed E-state index contributed by atoms with van der Waals surface area (Å²) < 4.78 is 2.93. The van der Waals surface area contributed by atoms with E-state index >= 15 is 0 Å². The van der Waals surface area contributed by atoms with Crippen LogP contribution in [0.25, 0.3) is 11.0 Å². The number of hydrogen-bond acceptors (Lipinski definition) is 2. The van der Waals surface area contributed by atoms with Gasteiger partial charge in [-0.05, 0) is 37.6 Å². The molecule has 1 N–H and O–H groups in total. The van der Waals surface area contributed by atoms with Gasteiger partial charge in [-0.1, -0.05) is 22.9 Å². The Kier molecular flexibility index (Phi) is 3.50. The van der Waals surface area contributed by atoms with Crippen LogP contribution in [0, 0.1) is 0 Å². The second-order valence-corrected chi connectivity index (χ2v) is 6.04. The number of benzene rings is 1. The third-order valence-corrected chi connectivity index (χ3v) is 4.54. The summed E-state index contributed by atoms with van der Waals surface area (Å²) in [6.07, 6.45) is 2.10. The molecule has 0 aliphatic carbocycles. The van der Waals surface area contributed by atoms with Crippen LogP contribution in [0.1, 0.15) is 25.8 Å². The SMILES string of the molecule is CCN1CCC(n2c(=O)[nH]c3cc(Br)ccc32)CC1. The number of aromatic nitrogens is 2. The number of rotatable bonds is 2. The van der Waals surface area contributed by atoms with E-state index in [0.717, 1.165) is 48.0 Å². The fraction of sp³-hybridized carbons (Fsp3) is 0.500. The number of nitrogens with one attached hydrogen (secondary N) is 1. The van der Waals surface area contributed by atoms with Gasteiger partial charge in [0, 0.05) is 23.6 Å². The maximum atomic E-state index is 12.2. The summed E-state index contributed by atoms with van der Waals surface area (Å²) >= 11 is 3.44. The van der Waals surface area contributed by atoms with Crippen molar-refractivity contribution in [1.29, 1.82) is 0 Å². The molecule has 5 heteroatoms. The first-order valence-electron chi connectivity index (χ1n) is 6.81. The molecule has 1 saturated heterocycles. The summed E-state index contributed by atoms with van der Waals surface area (Å²) in [7, 11) is 0. The van der Waals surface area contributed by atoms with E-state index in [0.29, 0.717) is 6.04 Å². The number of fused-ring (bicyclic) bond motifs is 1. The van der Waals surface area contributed by atoms with E-state index < -0.39 is 0 Å². The average molecular weight is 324 g/mol. The van der Waals surface area contributed by atoms with Gasteiger partial charge in [-0.25, -0.2) is 4.79 Å². The fourth-order valence-corrected chi connectivity index (χ4v) is 3.32. The quantitative estimate of drug-likeness (QED) is 0.923. The van der Waals surface area contributed by atoms with Gasteiger partial charge >= 0.3 is 5.69 Å². The Bertz CT molecular complexity index is 638. The monoisotopic (exact) mass is 323 g/mol. The van der Waals surface area contributed by atoms with Gasteiger partial charge < -0.3 is 9.88 Å². The van der Waals surface area contributed by atoms with Crippen LogP contribution in [0.5, 0.6) is 0 Å². The molecule has 0 bridgehead atoms. The molecule has 3 rings (SSSR count). The smallest absolute Gasteiger partial charge is 0.305 e. The Morgan fingerprint density at radius 1 is 1.37 bits per heavy atom. The molecule has 0 saturated carbocycles. The predicted octanol–water partition coefficient (Wildman–Crippen LogP) is 2.75. The number of H-pyrrole nitrogens is 1. The summed E-state index contributed by atoms with van der Waals surface area (Å²) in [5.74, 6) is 0. The van der Waals surface area contributed by atoms with Crippen molar-refractivity contribution in [3.63, 3.8) is 0 Å². The molecule has 1 aliphatic rings. The van der Waals surface area contributed by atoms with Gasteiger partial charge in [0.05, 0.1) is 11.0 Å². The molecule has 102 valence electrons. The number of nitrogens with zero attached hydrogens (tertiary/aromatic N) is 2. The molecule has 0 radical (unpaired) electrons. The van der Waals surface area contributed by atoms with Crippen LogP contribution in [0.3, 0.4) is 0 Å². The van der Waals surface area contributed by atoms with Crippen molar-refractivity contribution in [1.82, 2.24) is 14.5 Å². The molecule has 1 fully saturated rings. The lowest BCUT2D eigenvalue weighted by Gasteiger charge is -2.31. The van der Waals surface area contributed by atoms with E-state index in [4.69, 9.17) is 0 Å². The van der Waals surface area contributed by atoms with Crippen molar-refractivity contribution in [2.75, 3.05) is 19.6 Å². The summed E-state index contributed by atoms with van der Waals surface area (Å²) in [6, 6.07) is 6.30. The van der Waals surface area contributed by atoms with Crippen molar-refractivity contribution < 1.29 is 0 Å². The molecule has 1 aromatic carbocycles. The first-order chi connectivity index (χ1) is 9.19. The van der Waals surface area contributed by atoms with Gasteiger partial charge in [-0.15, -0.1) is 0 Å². The Hall–Kier alpha value is -1.07. The van der Waals surface area contributed by atoms with Crippen LogP contribution in [0.2, 0.25) is 0 Å². The van der Waals surface area contributed by atoms with Gasteiger partial charge in [-0.2, -0.15) is 0 Å². The van der Waals surface area contributed by atoms with Gasteiger partial charge in [0.2, 0.25) is 0 Å². The maximum absolute atomic E-state index is 12.2. The third kappa shape index (κ3) is 2.37. The minimum atomic E-state index is 0.0167. The minimum Gasteiger partial charge on any atom is -0.305 e. The molecular formula is C14H18BrN3O. The lowest BCUT2D eigenvalue weighted by Crippen LogP contribution is -2.36.